The Kier molecular flexibility index (Phi) is 3.79. The number of hydrogen-bond acceptors (Lipinski definition) is 4. The summed E-state index contributed by atoms with van der Waals surface area (Å²) in [7, 11) is -4.53. The van der Waals surface area contributed by atoms with Gasteiger partial charge < -0.3 is 5.32 Å². The van der Waals surface area contributed by atoms with E-state index in [1.165, 1.54) is 12.1 Å². The highest BCUT2D eigenvalue weighted by Gasteiger charge is 2.26. The maximum Gasteiger partial charge on any atom is 0.341 e. The summed E-state index contributed by atoms with van der Waals surface area (Å²) in [5.74, 6) is -3.41. The van der Waals surface area contributed by atoms with Gasteiger partial charge in [-0.15, -0.1) is 0 Å². The first-order valence-electron chi connectivity index (χ1n) is 5.34. The fourth-order valence-corrected chi connectivity index (χ4v) is 2.16. The van der Waals surface area contributed by atoms with Gasteiger partial charge in [0.25, 0.3) is 0 Å². The van der Waals surface area contributed by atoms with E-state index in [9.17, 15) is 17.2 Å². The molecule has 5 nitrogen and oxygen atoms in total. The van der Waals surface area contributed by atoms with Crippen LogP contribution in [0.5, 0.6) is 0 Å². The molecule has 0 radical (unpaired) electrons. The number of rotatable bonds is 5. The van der Waals surface area contributed by atoms with E-state index in [1.54, 1.807) is 12.4 Å². The zero-order valence-electron chi connectivity index (χ0n) is 9.68. The second-order valence-corrected chi connectivity index (χ2v) is 5.71. The van der Waals surface area contributed by atoms with Crippen LogP contribution < -0.4 is 5.32 Å². The number of nitrogens with zero attached hydrogens (tertiary/aromatic N) is 1. The summed E-state index contributed by atoms with van der Waals surface area (Å²) in [5, 5.41) is 9.44. The van der Waals surface area contributed by atoms with Crippen molar-refractivity contribution in [2.75, 3.05) is 5.32 Å². The molecule has 0 atom stereocenters. The first-order valence-corrected chi connectivity index (χ1v) is 6.88. The second kappa shape index (κ2) is 5.35. The molecule has 19 heavy (non-hydrogen) atoms. The van der Waals surface area contributed by atoms with Crippen LogP contribution in [0.25, 0.3) is 0 Å². The highest BCUT2D eigenvalue weighted by Crippen LogP contribution is 2.20. The highest BCUT2D eigenvalue weighted by molar-refractivity contribution is 7.91. The van der Waals surface area contributed by atoms with E-state index in [0.29, 0.717) is 12.2 Å². The number of aromatic amines is 1. The zero-order chi connectivity index (χ0) is 13.9. The van der Waals surface area contributed by atoms with E-state index in [4.69, 9.17) is 0 Å². The number of benzene rings is 1. The quantitative estimate of drug-likeness (QED) is 0.882. The third-order valence-corrected chi connectivity index (χ3v) is 3.87. The molecule has 0 saturated heterocycles. The van der Waals surface area contributed by atoms with Gasteiger partial charge in [0.05, 0.1) is 11.1 Å². The molecule has 0 bridgehead atoms. The summed E-state index contributed by atoms with van der Waals surface area (Å²) in [6, 6.07) is 5.18. The number of alkyl halides is 2. The largest absolute Gasteiger partial charge is 0.381 e. The predicted octanol–water partition coefficient (Wildman–Crippen LogP) is 2.02. The Labute approximate surface area is 108 Å². The van der Waals surface area contributed by atoms with Gasteiger partial charge in [0.15, 0.2) is 0 Å². The van der Waals surface area contributed by atoms with Gasteiger partial charge >= 0.3 is 5.76 Å². The van der Waals surface area contributed by atoms with Crippen molar-refractivity contribution in [3.63, 3.8) is 0 Å². The van der Waals surface area contributed by atoms with Crippen molar-refractivity contribution in [3.05, 3.63) is 42.2 Å². The molecule has 0 aliphatic heterocycles. The number of H-pyrrole nitrogens is 1. The van der Waals surface area contributed by atoms with Crippen LogP contribution in [-0.2, 0) is 16.4 Å². The molecule has 2 rings (SSSR count). The van der Waals surface area contributed by atoms with Crippen LogP contribution in [0, 0.1) is 0 Å². The first kappa shape index (κ1) is 13.5. The molecule has 0 fully saturated rings. The summed E-state index contributed by atoms with van der Waals surface area (Å²) in [6.45, 7) is 0.497. The van der Waals surface area contributed by atoms with Crippen molar-refractivity contribution in [1.29, 1.82) is 0 Å². The number of nitrogens with one attached hydrogen (secondary N) is 2. The van der Waals surface area contributed by atoms with Crippen molar-refractivity contribution in [2.24, 2.45) is 0 Å². The van der Waals surface area contributed by atoms with E-state index >= 15 is 0 Å². The molecule has 2 N–H and O–H groups in total. The van der Waals surface area contributed by atoms with Crippen LogP contribution in [-0.4, -0.2) is 24.4 Å². The van der Waals surface area contributed by atoms with Crippen LogP contribution in [0.3, 0.4) is 0 Å². The lowest BCUT2D eigenvalue weighted by Crippen LogP contribution is -2.11. The molecule has 0 unspecified atom stereocenters. The predicted molar refractivity (Wildman–Crippen MR) is 65.5 cm³/mol. The maximum atomic E-state index is 12.3. The molecule has 0 saturated carbocycles. The lowest BCUT2D eigenvalue weighted by atomic mass is 10.3. The Hall–Kier alpha value is -1.96. The Morgan fingerprint density at radius 2 is 1.95 bits per heavy atom. The molecule has 1 heterocycles. The maximum absolute atomic E-state index is 12.3. The number of hydrogen-bond donors (Lipinski definition) is 2. The molecule has 1 aromatic heterocycles. The third kappa shape index (κ3) is 3.08. The molecule has 1 aromatic carbocycles. The molecule has 0 aliphatic rings. The average Bonchev–Trinajstić information content (AvgIpc) is 2.90. The minimum atomic E-state index is -4.53. The summed E-state index contributed by atoms with van der Waals surface area (Å²) in [6.07, 6.45) is 3.35. The van der Waals surface area contributed by atoms with E-state index in [0.717, 1.165) is 17.7 Å². The summed E-state index contributed by atoms with van der Waals surface area (Å²) in [5.41, 5.74) is 1.55. The molecular weight excluding hydrogens is 276 g/mol. The Morgan fingerprint density at radius 1 is 1.26 bits per heavy atom. The van der Waals surface area contributed by atoms with Gasteiger partial charge in [0, 0.05) is 24.0 Å². The van der Waals surface area contributed by atoms with Crippen molar-refractivity contribution >= 4 is 15.5 Å². The van der Waals surface area contributed by atoms with Gasteiger partial charge in [-0.1, -0.05) is 0 Å². The lowest BCUT2D eigenvalue weighted by Gasteiger charge is -2.06. The van der Waals surface area contributed by atoms with Crippen LogP contribution in [0.2, 0.25) is 0 Å². The SMILES string of the molecule is O=S(=O)(c1ccc(NCc2cn[nH]c2)cc1)C(F)F. The van der Waals surface area contributed by atoms with E-state index < -0.39 is 20.5 Å². The van der Waals surface area contributed by atoms with Gasteiger partial charge in [-0.25, -0.2) is 8.42 Å². The molecule has 0 aliphatic carbocycles. The van der Waals surface area contributed by atoms with Crippen molar-refractivity contribution in [3.8, 4) is 0 Å². The smallest absolute Gasteiger partial charge is 0.341 e. The molecular formula is C11H11F2N3O2S. The number of anilines is 1. The molecule has 8 heteroatoms. The number of sulfone groups is 1. The fraction of sp³-hybridized carbons (Fsp3) is 0.182. The van der Waals surface area contributed by atoms with Crippen molar-refractivity contribution in [1.82, 2.24) is 10.2 Å². The topological polar surface area (TPSA) is 74.8 Å². The molecule has 0 spiro atoms. The van der Waals surface area contributed by atoms with Crippen molar-refractivity contribution in [2.45, 2.75) is 17.2 Å². The third-order valence-electron chi connectivity index (χ3n) is 2.47. The molecule has 0 amide bonds. The summed E-state index contributed by atoms with van der Waals surface area (Å²) < 4.78 is 47.0. The first-order chi connectivity index (χ1) is 9.00. The van der Waals surface area contributed by atoms with E-state index in [-0.39, 0.29) is 0 Å². The van der Waals surface area contributed by atoms with Gasteiger partial charge in [0.1, 0.15) is 0 Å². The van der Waals surface area contributed by atoms with Gasteiger partial charge in [-0.2, -0.15) is 13.9 Å². The van der Waals surface area contributed by atoms with Crippen LogP contribution in [0.15, 0.2) is 41.6 Å². The van der Waals surface area contributed by atoms with Crippen LogP contribution in [0.1, 0.15) is 5.56 Å². The van der Waals surface area contributed by atoms with E-state index in [1.807, 2.05) is 0 Å². The van der Waals surface area contributed by atoms with E-state index in [2.05, 4.69) is 15.5 Å². The van der Waals surface area contributed by atoms with Crippen LogP contribution >= 0.6 is 0 Å². The zero-order valence-corrected chi connectivity index (χ0v) is 10.5. The summed E-state index contributed by atoms with van der Waals surface area (Å²) >= 11 is 0. The minimum absolute atomic E-state index is 0.392. The van der Waals surface area contributed by atoms with Gasteiger partial charge in [-0.3, -0.25) is 5.10 Å². The normalized spacial score (nSPS) is 11.7. The monoisotopic (exact) mass is 287 g/mol. The highest BCUT2D eigenvalue weighted by atomic mass is 32.2. The Morgan fingerprint density at radius 3 is 2.47 bits per heavy atom. The minimum Gasteiger partial charge on any atom is -0.381 e. The standard InChI is InChI=1S/C11H11F2N3O2S/c12-11(13)19(17,18)10-3-1-9(2-4-10)14-5-8-6-15-16-7-8/h1-4,6-7,11,14H,5H2,(H,15,16). The van der Waals surface area contributed by atoms with Gasteiger partial charge in [-0.05, 0) is 24.3 Å². The average molecular weight is 287 g/mol. The number of halogens is 2. The Bertz CT molecular complexity index is 624. The number of aromatic nitrogens is 2. The second-order valence-electron chi connectivity index (χ2n) is 3.79. The molecule has 102 valence electrons. The lowest BCUT2D eigenvalue weighted by molar-refractivity contribution is 0.234. The summed E-state index contributed by atoms with van der Waals surface area (Å²) in [4.78, 5) is -0.392. The fourth-order valence-electron chi connectivity index (χ4n) is 1.44. The molecule has 2 aromatic rings. The Balaban J connectivity index is 2.07. The van der Waals surface area contributed by atoms with Crippen molar-refractivity contribution < 1.29 is 17.2 Å². The van der Waals surface area contributed by atoms with Gasteiger partial charge in [0.2, 0.25) is 9.84 Å². The van der Waals surface area contributed by atoms with Crippen LogP contribution in [0.4, 0.5) is 14.5 Å².